The summed E-state index contributed by atoms with van der Waals surface area (Å²) in [6.07, 6.45) is 4.36. The van der Waals surface area contributed by atoms with Crippen LogP contribution in [0.5, 0.6) is 0 Å². The van der Waals surface area contributed by atoms with Gasteiger partial charge in [0, 0.05) is 13.1 Å². The molecule has 1 aromatic heterocycles. The summed E-state index contributed by atoms with van der Waals surface area (Å²) in [6.45, 7) is 7.07. The fourth-order valence-electron chi connectivity index (χ4n) is 4.65. The zero-order chi connectivity index (χ0) is 22.9. The van der Waals surface area contributed by atoms with Gasteiger partial charge in [0.25, 0.3) is 0 Å². The summed E-state index contributed by atoms with van der Waals surface area (Å²) < 4.78 is 1.98. The van der Waals surface area contributed by atoms with Gasteiger partial charge >= 0.3 is 0 Å². The van der Waals surface area contributed by atoms with Gasteiger partial charge in [0.2, 0.25) is 0 Å². The Morgan fingerprint density at radius 2 is 1.18 bits per heavy atom. The first-order valence-electron chi connectivity index (χ1n) is 12.0. The first-order valence-corrected chi connectivity index (χ1v) is 12.0. The molecule has 170 valence electrons. The Kier molecular flexibility index (Phi) is 8.04. The molecule has 4 nitrogen and oxygen atoms in total. The average molecular weight is 439 g/mol. The Labute approximate surface area is 197 Å². The molecule has 1 atom stereocenters. The maximum absolute atomic E-state index is 4.70. The van der Waals surface area contributed by atoms with Crippen LogP contribution in [0.4, 0.5) is 0 Å². The first-order chi connectivity index (χ1) is 16.3. The van der Waals surface area contributed by atoms with Gasteiger partial charge in [-0.1, -0.05) is 123 Å². The van der Waals surface area contributed by atoms with Crippen molar-refractivity contribution < 1.29 is 0 Å². The summed E-state index contributed by atoms with van der Waals surface area (Å²) >= 11 is 0. The smallest absolute Gasteiger partial charge is 0.100 e. The van der Waals surface area contributed by atoms with Crippen LogP contribution in [-0.4, -0.2) is 19.9 Å². The Balaban J connectivity index is 1.67. The minimum atomic E-state index is 0.199. The standard InChI is InChI=1S/C29H34N4/c1-3-27(4-2)29(28-23-33(31-30-28)22-26-18-12-7-13-19-26)32(20-24-14-8-5-9-15-24)21-25-16-10-6-11-17-25/h5-19,23,27,29H,3-4,20-22H2,1-2H3/t29-/m0/s1. The second kappa shape index (κ2) is 11.6. The molecule has 33 heavy (non-hydrogen) atoms. The van der Waals surface area contributed by atoms with Crippen LogP contribution in [0.2, 0.25) is 0 Å². The van der Waals surface area contributed by atoms with Crippen LogP contribution >= 0.6 is 0 Å². The average Bonchev–Trinajstić information content (AvgIpc) is 3.31. The summed E-state index contributed by atoms with van der Waals surface area (Å²) in [5.41, 5.74) is 4.94. The van der Waals surface area contributed by atoms with Crippen molar-refractivity contribution in [3.8, 4) is 0 Å². The van der Waals surface area contributed by atoms with Gasteiger partial charge in [0.05, 0.1) is 18.8 Å². The van der Waals surface area contributed by atoms with Gasteiger partial charge < -0.3 is 0 Å². The number of hydrogen-bond acceptors (Lipinski definition) is 3. The Bertz CT molecular complexity index is 1030. The van der Waals surface area contributed by atoms with Gasteiger partial charge in [0.15, 0.2) is 0 Å². The van der Waals surface area contributed by atoms with Crippen LogP contribution in [-0.2, 0) is 19.6 Å². The molecular formula is C29H34N4. The molecular weight excluding hydrogens is 404 g/mol. The lowest BCUT2D eigenvalue weighted by Crippen LogP contribution is -2.33. The zero-order valence-electron chi connectivity index (χ0n) is 19.7. The quantitative estimate of drug-likeness (QED) is 0.268. The highest BCUT2D eigenvalue weighted by atomic mass is 15.4. The highest BCUT2D eigenvalue weighted by Crippen LogP contribution is 2.34. The molecule has 4 rings (SSSR count). The van der Waals surface area contributed by atoms with Crippen molar-refractivity contribution >= 4 is 0 Å². The fourth-order valence-corrected chi connectivity index (χ4v) is 4.65. The third kappa shape index (κ3) is 6.17. The molecule has 1 heterocycles. The summed E-state index contributed by atoms with van der Waals surface area (Å²) in [7, 11) is 0. The van der Waals surface area contributed by atoms with E-state index >= 15 is 0 Å². The van der Waals surface area contributed by atoms with E-state index in [9.17, 15) is 0 Å². The summed E-state index contributed by atoms with van der Waals surface area (Å²) in [5.74, 6) is 0.499. The molecule has 0 amide bonds. The summed E-state index contributed by atoms with van der Waals surface area (Å²) in [6, 6.07) is 32.2. The van der Waals surface area contributed by atoms with Gasteiger partial charge in [-0.05, 0) is 22.6 Å². The monoisotopic (exact) mass is 438 g/mol. The molecule has 0 aliphatic rings. The maximum Gasteiger partial charge on any atom is 0.100 e. The molecule has 0 fully saturated rings. The van der Waals surface area contributed by atoms with Gasteiger partial charge in [-0.15, -0.1) is 5.10 Å². The van der Waals surface area contributed by atoms with Crippen LogP contribution in [0.3, 0.4) is 0 Å². The molecule has 4 heteroatoms. The highest BCUT2D eigenvalue weighted by Gasteiger charge is 2.30. The molecule has 0 saturated carbocycles. The number of benzene rings is 3. The molecule has 4 aromatic rings. The summed E-state index contributed by atoms with van der Waals surface area (Å²) in [5, 5.41) is 9.22. The molecule has 0 aliphatic carbocycles. The van der Waals surface area contributed by atoms with Gasteiger partial charge in [0.1, 0.15) is 5.69 Å². The topological polar surface area (TPSA) is 34.0 Å². The van der Waals surface area contributed by atoms with Gasteiger partial charge in [-0.3, -0.25) is 4.90 Å². The maximum atomic E-state index is 4.70. The highest BCUT2D eigenvalue weighted by molar-refractivity contribution is 5.19. The van der Waals surface area contributed by atoms with Crippen molar-refractivity contribution in [2.75, 3.05) is 0 Å². The molecule has 0 unspecified atom stereocenters. The first kappa shape index (κ1) is 22.9. The number of rotatable bonds is 11. The van der Waals surface area contributed by atoms with E-state index in [0.29, 0.717) is 5.92 Å². The predicted molar refractivity (Wildman–Crippen MR) is 135 cm³/mol. The lowest BCUT2D eigenvalue weighted by molar-refractivity contribution is 0.115. The largest absolute Gasteiger partial charge is 0.286 e. The minimum absolute atomic E-state index is 0.199. The second-order valence-corrected chi connectivity index (χ2v) is 8.72. The molecule has 0 saturated heterocycles. The van der Waals surface area contributed by atoms with E-state index in [4.69, 9.17) is 5.10 Å². The van der Waals surface area contributed by atoms with Crippen LogP contribution in [0.15, 0.2) is 97.2 Å². The molecule has 0 N–H and O–H groups in total. The van der Waals surface area contributed by atoms with E-state index in [1.54, 1.807) is 0 Å². The van der Waals surface area contributed by atoms with Crippen molar-refractivity contribution in [1.82, 2.24) is 19.9 Å². The van der Waals surface area contributed by atoms with Crippen LogP contribution in [0, 0.1) is 5.92 Å². The fraction of sp³-hybridized carbons (Fsp3) is 0.310. The van der Waals surface area contributed by atoms with E-state index in [-0.39, 0.29) is 6.04 Å². The molecule has 3 aromatic carbocycles. The SMILES string of the molecule is CCC(CC)[C@@H](c1cn(Cc2ccccc2)nn1)N(Cc1ccccc1)Cc1ccccc1. The van der Waals surface area contributed by atoms with E-state index in [2.05, 4.69) is 115 Å². The molecule has 0 radical (unpaired) electrons. The van der Waals surface area contributed by atoms with Crippen LogP contribution in [0.1, 0.15) is 55.1 Å². The number of aromatic nitrogens is 3. The summed E-state index contributed by atoms with van der Waals surface area (Å²) in [4.78, 5) is 2.58. The van der Waals surface area contributed by atoms with E-state index < -0.39 is 0 Å². The van der Waals surface area contributed by atoms with Crippen molar-refractivity contribution in [1.29, 1.82) is 0 Å². The zero-order valence-corrected chi connectivity index (χ0v) is 19.7. The second-order valence-electron chi connectivity index (χ2n) is 8.72. The van der Waals surface area contributed by atoms with Crippen molar-refractivity contribution in [2.45, 2.75) is 52.4 Å². The van der Waals surface area contributed by atoms with E-state index in [0.717, 1.165) is 38.2 Å². The van der Waals surface area contributed by atoms with Crippen molar-refractivity contribution in [3.05, 3.63) is 120 Å². The predicted octanol–water partition coefficient (Wildman–Crippen LogP) is 6.51. The Morgan fingerprint density at radius 3 is 1.67 bits per heavy atom. The molecule has 0 bridgehead atoms. The number of hydrogen-bond donors (Lipinski definition) is 0. The van der Waals surface area contributed by atoms with E-state index in [1.165, 1.54) is 16.7 Å². The van der Waals surface area contributed by atoms with Crippen LogP contribution < -0.4 is 0 Å². The Hall–Kier alpha value is -3.24. The van der Waals surface area contributed by atoms with Gasteiger partial charge in [-0.2, -0.15) is 0 Å². The molecule has 0 aliphatic heterocycles. The number of nitrogens with zero attached hydrogens (tertiary/aromatic N) is 4. The normalized spacial score (nSPS) is 12.4. The lowest BCUT2D eigenvalue weighted by Gasteiger charge is -2.35. The van der Waals surface area contributed by atoms with Crippen LogP contribution in [0.25, 0.3) is 0 Å². The van der Waals surface area contributed by atoms with E-state index in [1.807, 2.05) is 10.7 Å². The third-order valence-electron chi connectivity index (χ3n) is 6.39. The molecule has 0 spiro atoms. The van der Waals surface area contributed by atoms with Crippen molar-refractivity contribution in [2.24, 2.45) is 5.92 Å². The minimum Gasteiger partial charge on any atom is -0.286 e. The lowest BCUT2D eigenvalue weighted by atomic mass is 9.90. The van der Waals surface area contributed by atoms with Crippen molar-refractivity contribution in [3.63, 3.8) is 0 Å². The Morgan fingerprint density at radius 1 is 0.697 bits per heavy atom. The third-order valence-corrected chi connectivity index (χ3v) is 6.39. The van der Waals surface area contributed by atoms with Gasteiger partial charge in [-0.25, -0.2) is 4.68 Å².